The number of hydrogen-bond donors (Lipinski definition) is 1. The number of phenols is 1. The summed E-state index contributed by atoms with van der Waals surface area (Å²) < 4.78 is 15.9. The van der Waals surface area contributed by atoms with Crippen LogP contribution >= 0.6 is 15.9 Å². The van der Waals surface area contributed by atoms with Crippen LogP contribution in [-0.2, 0) is 0 Å². The van der Waals surface area contributed by atoms with Crippen molar-refractivity contribution >= 4 is 27.8 Å². The highest BCUT2D eigenvalue weighted by Gasteiger charge is 2.22. The number of allylic oxidation sites excluding steroid dienone is 1. The summed E-state index contributed by atoms with van der Waals surface area (Å²) in [6.45, 7) is 0. The molecule has 1 N–H and O–H groups in total. The van der Waals surface area contributed by atoms with Crippen LogP contribution in [0.1, 0.15) is 15.9 Å². The molecule has 0 aliphatic rings. The molecule has 126 valence electrons. The van der Waals surface area contributed by atoms with E-state index in [4.69, 9.17) is 14.2 Å². The van der Waals surface area contributed by atoms with Gasteiger partial charge in [-0.1, -0.05) is 18.2 Å². The number of carbonyl (C=O) groups is 1. The summed E-state index contributed by atoms with van der Waals surface area (Å²) in [6, 6.07) is 8.60. The monoisotopic (exact) mass is 392 g/mol. The highest BCUT2D eigenvalue weighted by molar-refractivity contribution is 9.10. The summed E-state index contributed by atoms with van der Waals surface area (Å²) in [7, 11) is 4.47. The van der Waals surface area contributed by atoms with Crippen LogP contribution in [0.15, 0.2) is 40.9 Å². The van der Waals surface area contributed by atoms with Gasteiger partial charge in [-0.15, -0.1) is 0 Å². The molecule has 0 aliphatic carbocycles. The van der Waals surface area contributed by atoms with Crippen molar-refractivity contribution < 1.29 is 24.1 Å². The number of rotatable bonds is 6. The van der Waals surface area contributed by atoms with Crippen molar-refractivity contribution in [2.75, 3.05) is 21.3 Å². The molecule has 6 heteroatoms. The van der Waals surface area contributed by atoms with Gasteiger partial charge in [0.2, 0.25) is 0 Å². The van der Waals surface area contributed by atoms with E-state index in [1.54, 1.807) is 25.3 Å². The SMILES string of the molecule is COc1ccc(C=CC(=O)c2c(O)cc(OC)c(Br)c2OC)cc1. The molecule has 0 saturated heterocycles. The third-order valence-electron chi connectivity index (χ3n) is 3.38. The number of phenolic OH excluding ortho intramolecular Hbond substituents is 1. The van der Waals surface area contributed by atoms with Gasteiger partial charge in [-0.2, -0.15) is 0 Å². The predicted octanol–water partition coefficient (Wildman–Crippen LogP) is 4.08. The quantitative estimate of drug-likeness (QED) is 0.592. The number of ether oxygens (including phenoxy) is 3. The number of hydrogen-bond acceptors (Lipinski definition) is 5. The van der Waals surface area contributed by atoms with Crippen LogP contribution in [0.3, 0.4) is 0 Å². The van der Waals surface area contributed by atoms with E-state index in [2.05, 4.69) is 15.9 Å². The van der Waals surface area contributed by atoms with Crippen molar-refractivity contribution in [3.8, 4) is 23.0 Å². The van der Waals surface area contributed by atoms with Crippen LogP contribution in [0.5, 0.6) is 23.0 Å². The second kappa shape index (κ2) is 7.88. The van der Waals surface area contributed by atoms with Crippen molar-refractivity contribution in [2.45, 2.75) is 0 Å². The lowest BCUT2D eigenvalue weighted by Crippen LogP contribution is -2.02. The molecule has 0 atom stereocenters. The first-order valence-electron chi connectivity index (χ1n) is 7.01. The van der Waals surface area contributed by atoms with E-state index in [0.29, 0.717) is 10.2 Å². The summed E-state index contributed by atoms with van der Waals surface area (Å²) >= 11 is 3.32. The molecule has 24 heavy (non-hydrogen) atoms. The molecule has 2 aromatic rings. The van der Waals surface area contributed by atoms with E-state index in [9.17, 15) is 9.90 Å². The summed E-state index contributed by atoms with van der Waals surface area (Å²) in [5, 5.41) is 10.1. The molecule has 0 bridgehead atoms. The van der Waals surface area contributed by atoms with Gasteiger partial charge in [-0.25, -0.2) is 0 Å². The molecule has 0 radical (unpaired) electrons. The summed E-state index contributed by atoms with van der Waals surface area (Å²) in [6.07, 6.45) is 3.02. The Kier molecular flexibility index (Phi) is 5.87. The Morgan fingerprint density at radius 1 is 1.08 bits per heavy atom. The number of halogens is 1. The van der Waals surface area contributed by atoms with Gasteiger partial charge in [-0.05, 0) is 39.7 Å². The standard InChI is InChI=1S/C18H17BrO5/c1-22-12-7-4-11(5-8-12)6-9-13(20)16-14(21)10-15(23-2)17(19)18(16)24-3/h4-10,21H,1-3H3. The van der Waals surface area contributed by atoms with Crippen LogP contribution < -0.4 is 14.2 Å². The Labute approximate surface area is 148 Å². The minimum atomic E-state index is -0.386. The van der Waals surface area contributed by atoms with E-state index in [1.807, 2.05) is 12.1 Å². The molecule has 2 rings (SSSR count). The van der Waals surface area contributed by atoms with Gasteiger partial charge in [0.15, 0.2) is 11.5 Å². The maximum absolute atomic E-state index is 12.5. The molecule has 0 aliphatic heterocycles. The average Bonchev–Trinajstić information content (AvgIpc) is 2.61. The molecular formula is C18H17BrO5. The van der Waals surface area contributed by atoms with Crippen molar-refractivity contribution in [2.24, 2.45) is 0 Å². The van der Waals surface area contributed by atoms with Gasteiger partial charge in [-0.3, -0.25) is 4.79 Å². The Hall–Kier alpha value is -2.47. The van der Waals surface area contributed by atoms with E-state index < -0.39 is 0 Å². The Bertz CT molecular complexity index is 766. The first-order chi connectivity index (χ1) is 11.5. The van der Waals surface area contributed by atoms with Crippen molar-refractivity contribution in [3.05, 3.63) is 52.0 Å². The number of methoxy groups -OCH3 is 3. The van der Waals surface area contributed by atoms with Gasteiger partial charge in [0.25, 0.3) is 0 Å². The fourth-order valence-corrected chi connectivity index (χ4v) is 2.78. The normalized spacial score (nSPS) is 10.7. The molecule has 0 saturated carbocycles. The van der Waals surface area contributed by atoms with Crippen molar-refractivity contribution in [3.63, 3.8) is 0 Å². The maximum atomic E-state index is 12.5. The van der Waals surface area contributed by atoms with Crippen molar-refractivity contribution in [1.82, 2.24) is 0 Å². The van der Waals surface area contributed by atoms with Crippen molar-refractivity contribution in [1.29, 1.82) is 0 Å². The zero-order valence-corrected chi connectivity index (χ0v) is 15.1. The first-order valence-corrected chi connectivity index (χ1v) is 7.81. The van der Waals surface area contributed by atoms with E-state index in [-0.39, 0.29) is 22.8 Å². The Morgan fingerprint density at radius 2 is 1.75 bits per heavy atom. The van der Waals surface area contributed by atoms with Crippen LogP contribution in [0.25, 0.3) is 6.08 Å². The van der Waals surface area contributed by atoms with Gasteiger partial charge >= 0.3 is 0 Å². The summed E-state index contributed by atoms with van der Waals surface area (Å²) in [5.74, 6) is 0.730. The van der Waals surface area contributed by atoms with Gasteiger partial charge in [0, 0.05) is 6.07 Å². The molecule has 0 spiro atoms. The highest BCUT2D eigenvalue weighted by atomic mass is 79.9. The molecule has 0 amide bonds. The molecular weight excluding hydrogens is 376 g/mol. The second-order valence-electron chi connectivity index (χ2n) is 4.79. The van der Waals surface area contributed by atoms with Gasteiger partial charge in [0.05, 0.1) is 21.3 Å². The molecule has 0 fully saturated rings. The minimum Gasteiger partial charge on any atom is -0.507 e. The minimum absolute atomic E-state index is 0.0648. The van der Waals surface area contributed by atoms with E-state index in [0.717, 1.165) is 11.3 Å². The number of ketones is 1. The van der Waals surface area contributed by atoms with Gasteiger partial charge in [0.1, 0.15) is 27.3 Å². The third-order valence-corrected chi connectivity index (χ3v) is 4.13. The van der Waals surface area contributed by atoms with E-state index >= 15 is 0 Å². The maximum Gasteiger partial charge on any atom is 0.193 e. The topological polar surface area (TPSA) is 65.0 Å². The number of benzene rings is 2. The first kappa shape index (κ1) is 17.9. The lowest BCUT2D eigenvalue weighted by molar-refractivity contribution is 0.104. The predicted molar refractivity (Wildman–Crippen MR) is 95.3 cm³/mol. The fourth-order valence-electron chi connectivity index (χ4n) is 2.15. The molecule has 0 unspecified atom stereocenters. The zero-order valence-electron chi connectivity index (χ0n) is 13.5. The number of carbonyl (C=O) groups excluding carboxylic acids is 1. The second-order valence-corrected chi connectivity index (χ2v) is 5.58. The summed E-state index contributed by atoms with van der Waals surface area (Å²) in [4.78, 5) is 12.5. The highest BCUT2D eigenvalue weighted by Crippen LogP contribution is 2.42. The van der Waals surface area contributed by atoms with Gasteiger partial charge < -0.3 is 19.3 Å². The molecule has 0 aromatic heterocycles. The Morgan fingerprint density at radius 3 is 2.29 bits per heavy atom. The third kappa shape index (κ3) is 3.71. The lowest BCUT2D eigenvalue weighted by atomic mass is 10.1. The van der Waals surface area contributed by atoms with Crippen LogP contribution in [-0.4, -0.2) is 32.2 Å². The molecule has 2 aromatic carbocycles. The van der Waals surface area contributed by atoms with Crippen LogP contribution in [0.4, 0.5) is 0 Å². The molecule has 0 heterocycles. The van der Waals surface area contributed by atoms with Crippen LogP contribution in [0.2, 0.25) is 0 Å². The largest absolute Gasteiger partial charge is 0.507 e. The fraction of sp³-hybridized carbons (Fsp3) is 0.167. The van der Waals surface area contributed by atoms with Crippen LogP contribution in [0, 0.1) is 0 Å². The Balaban J connectivity index is 2.35. The number of aromatic hydroxyl groups is 1. The smallest absolute Gasteiger partial charge is 0.193 e. The summed E-state index contributed by atoms with van der Waals surface area (Å²) in [5.41, 5.74) is 0.894. The average molecular weight is 393 g/mol. The lowest BCUT2D eigenvalue weighted by Gasteiger charge is -2.13. The molecule has 5 nitrogen and oxygen atoms in total. The van der Waals surface area contributed by atoms with E-state index in [1.165, 1.54) is 26.4 Å². The zero-order chi connectivity index (χ0) is 17.7.